The molecule has 0 aliphatic rings. The summed E-state index contributed by atoms with van der Waals surface area (Å²) in [5.41, 5.74) is 0.744. The van der Waals surface area contributed by atoms with Crippen molar-refractivity contribution in [3.05, 3.63) is 35.4 Å². The fourth-order valence-corrected chi connectivity index (χ4v) is 2.08. The number of nitriles is 1. The molecular weight excluding hydrogens is 292 g/mol. The Morgan fingerprint density at radius 2 is 2.04 bits per heavy atom. The van der Waals surface area contributed by atoms with Gasteiger partial charge in [0.25, 0.3) is 5.91 Å². The highest BCUT2D eigenvalue weighted by Crippen LogP contribution is 2.14. The van der Waals surface area contributed by atoms with Crippen molar-refractivity contribution in [2.75, 3.05) is 13.2 Å². The molecule has 23 heavy (non-hydrogen) atoms. The number of hydrogen-bond acceptors (Lipinski definition) is 4. The van der Waals surface area contributed by atoms with E-state index in [1.807, 2.05) is 26.8 Å². The molecule has 1 aromatic rings. The molecule has 1 atom stereocenters. The zero-order valence-corrected chi connectivity index (χ0v) is 13.9. The van der Waals surface area contributed by atoms with Crippen molar-refractivity contribution in [2.45, 2.75) is 33.3 Å². The van der Waals surface area contributed by atoms with Gasteiger partial charge in [-0.25, -0.2) is 0 Å². The van der Waals surface area contributed by atoms with Crippen LogP contribution in [-0.2, 0) is 4.79 Å². The predicted octanol–water partition coefficient (Wildman–Crippen LogP) is 2.52. The van der Waals surface area contributed by atoms with Gasteiger partial charge in [-0.15, -0.1) is 0 Å². The third-order valence-electron chi connectivity index (χ3n) is 3.11. The zero-order chi connectivity index (χ0) is 17.2. The standard InChI is InChI=1S/C18H24N2O3/c1-4-23-17-7-5-14(6-8-17)10-15(11-19)18(22)20-12-16(21)9-13(2)3/h5-8,10,13,16,21H,4,9,12H2,1-3H3,(H,20,22)/b15-10-. The van der Waals surface area contributed by atoms with Crippen molar-refractivity contribution < 1.29 is 14.6 Å². The fraction of sp³-hybridized carbons (Fsp3) is 0.444. The van der Waals surface area contributed by atoms with Gasteiger partial charge in [0.1, 0.15) is 17.4 Å². The molecule has 5 heteroatoms. The molecule has 0 heterocycles. The van der Waals surface area contributed by atoms with Crippen molar-refractivity contribution >= 4 is 12.0 Å². The smallest absolute Gasteiger partial charge is 0.262 e. The van der Waals surface area contributed by atoms with E-state index < -0.39 is 12.0 Å². The molecule has 0 aliphatic carbocycles. The van der Waals surface area contributed by atoms with Crippen LogP contribution in [0.5, 0.6) is 5.75 Å². The van der Waals surface area contributed by atoms with Crippen molar-refractivity contribution in [1.82, 2.24) is 5.32 Å². The van der Waals surface area contributed by atoms with Gasteiger partial charge in [-0.05, 0) is 43.0 Å². The van der Waals surface area contributed by atoms with Gasteiger partial charge >= 0.3 is 0 Å². The Kier molecular flexibility index (Phi) is 7.86. The Morgan fingerprint density at radius 1 is 1.39 bits per heavy atom. The van der Waals surface area contributed by atoms with Crippen LogP contribution in [-0.4, -0.2) is 30.3 Å². The number of benzene rings is 1. The van der Waals surface area contributed by atoms with Gasteiger partial charge in [-0.3, -0.25) is 4.79 Å². The summed E-state index contributed by atoms with van der Waals surface area (Å²) in [5.74, 6) is 0.602. The van der Waals surface area contributed by atoms with E-state index in [4.69, 9.17) is 10.00 Å². The second-order valence-electron chi connectivity index (χ2n) is 5.67. The van der Waals surface area contributed by atoms with Gasteiger partial charge < -0.3 is 15.2 Å². The SMILES string of the molecule is CCOc1ccc(/C=C(/C#N)C(=O)NCC(O)CC(C)C)cc1. The lowest BCUT2D eigenvalue weighted by Crippen LogP contribution is -2.33. The van der Waals surface area contributed by atoms with Gasteiger partial charge in [-0.2, -0.15) is 5.26 Å². The van der Waals surface area contributed by atoms with E-state index in [1.165, 1.54) is 6.08 Å². The Bertz CT molecular complexity index is 571. The Labute approximate surface area is 137 Å². The maximum atomic E-state index is 12.0. The first-order valence-electron chi connectivity index (χ1n) is 7.77. The third kappa shape index (κ3) is 6.98. The normalized spacial score (nSPS) is 12.6. The lowest BCUT2D eigenvalue weighted by Gasteiger charge is -2.13. The summed E-state index contributed by atoms with van der Waals surface area (Å²) < 4.78 is 5.34. The van der Waals surface area contributed by atoms with Crippen LogP contribution in [0.15, 0.2) is 29.8 Å². The number of carbonyl (C=O) groups excluding carboxylic acids is 1. The summed E-state index contributed by atoms with van der Waals surface area (Å²) in [4.78, 5) is 12.0. The number of amides is 1. The quantitative estimate of drug-likeness (QED) is 0.570. The molecule has 0 aromatic heterocycles. The number of rotatable bonds is 8. The summed E-state index contributed by atoms with van der Waals surface area (Å²) in [6.07, 6.45) is 1.51. The molecule has 124 valence electrons. The van der Waals surface area contributed by atoms with Crippen LogP contribution in [0.4, 0.5) is 0 Å². The molecule has 0 radical (unpaired) electrons. The van der Waals surface area contributed by atoms with Gasteiger partial charge in [0.15, 0.2) is 0 Å². The van der Waals surface area contributed by atoms with E-state index in [-0.39, 0.29) is 12.1 Å². The Morgan fingerprint density at radius 3 is 2.57 bits per heavy atom. The largest absolute Gasteiger partial charge is 0.494 e. The van der Waals surface area contributed by atoms with Gasteiger partial charge in [0, 0.05) is 6.54 Å². The fourth-order valence-electron chi connectivity index (χ4n) is 2.08. The van der Waals surface area contributed by atoms with E-state index >= 15 is 0 Å². The molecule has 2 N–H and O–H groups in total. The van der Waals surface area contributed by atoms with Gasteiger partial charge in [0.2, 0.25) is 0 Å². The summed E-state index contributed by atoms with van der Waals surface area (Å²) >= 11 is 0. The Balaban J connectivity index is 2.67. The second-order valence-corrected chi connectivity index (χ2v) is 5.67. The van der Waals surface area contributed by atoms with Crippen LogP contribution in [0.25, 0.3) is 6.08 Å². The molecule has 0 bridgehead atoms. The minimum Gasteiger partial charge on any atom is -0.494 e. The second kappa shape index (κ2) is 9.65. The number of ether oxygens (including phenoxy) is 1. The number of aliphatic hydroxyl groups excluding tert-OH is 1. The predicted molar refractivity (Wildman–Crippen MR) is 89.7 cm³/mol. The highest BCUT2D eigenvalue weighted by molar-refractivity contribution is 6.01. The first-order valence-corrected chi connectivity index (χ1v) is 7.77. The monoisotopic (exact) mass is 316 g/mol. The molecular formula is C18H24N2O3. The number of aliphatic hydroxyl groups is 1. The first kappa shape index (κ1) is 18.7. The summed E-state index contributed by atoms with van der Waals surface area (Å²) in [7, 11) is 0. The zero-order valence-electron chi connectivity index (χ0n) is 13.9. The van der Waals surface area contributed by atoms with Crippen LogP contribution in [0.2, 0.25) is 0 Å². The molecule has 0 saturated carbocycles. The topological polar surface area (TPSA) is 82.3 Å². The minimum atomic E-state index is -0.607. The molecule has 0 spiro atoms. The van der Waals surface area contributed by atoms with Crippen LogP contribution in [0, 0.1) is 17.2 Å². The number of nitrogens with zero attached hydrogens (tertiary/aromatic N) is 1. The molecule has 1 unspecified atom stereocenters. The number of carbonyl (C=O) groups is 1. The van der Waals surface area contributed by atoms with E-state index in [9.17, 15) is 9.90 Å². The summed E-state index contributed by atoms with van der Waals surface area (Å²) in [6.45, 7) is 6.62. The third-order valence-corrected chi connectivity index (χ3v) is 3.11. The highest BCUT2D eigenvalue weighted by atomic mass is 16.5. The lowest BCUT2D eigenvalue weighted by molar-refractivity contribution is -0.117. The maximum absolute atomic E-state index is 12.0. The van der Waals surface area contributed by atoms with E-state index in [0.29, 0.717) is 18.9 Å². The molecule has 0 fully saturated rings. The van der Waals surface area contributed by atoms with E-state index in [2.05, 4.69) is 5.32 Å². The Hall–Kier alpha value is -2.32. The van der Waals surface area contributed by atoms with Gasteiger partial charge in [-0.1, -0.05) is 26.0 Å². The van der Waals surface area contributed by atoms with Crippen LogP contribution in [0.3, 0.4) is 0 Å². The minimum absolute atomic E-state index is 0.00547. The maximum Gasteiger partial charge on any atom is 0.262 e. The molecule has 0 aliphatic heterocycles. The molecule has 5 nitrogen and oxygen atoms in total. The molecule has 0 saturated heterocycles. The summed E-state index contributed by atoms with van der Waals surface area (Å²) in [6, 6.07) is 9.03. The highest BCUT2D eigenvalue weighted by Gasteiger charge is 2.12. The van der Waals surface area contributed by atoms with Gasteiger partial charge in [0.05, 0.1) is 12.7 Å². The average molecular weight is 316 g/mol. The van der Waals surface area contributed by atoms with Crippen molar-refractivity contribution in [3.63, 3.8) is 0 Å². The summed E-state index contributed by atoms with van der Waals surface area (Å²) in [5, 5.41) is 21.5. The van der Waals surface area contributed by atoms with Crippen molar-refractivity contribution in [2.24, 2.45) is 5.92 Å². The van der Waals surface area contributed by atoms with E-state index in [0.717, 1.165) is 11.3 Å². The van der Waals surface area contributed by atoms with Crippen LogP contribution < -0.4 is 10.1 Å². The number of hydrogen-bond donors (Lipinski definition) is 2. The number of nitrogens with one attached hydrogen (secondary N) is 1. The van der Waals surface area contributed by atoms with Crippen LogP contribution in [0.1, 0.15) is 32.8 Å². The molecule has 1 aromatic carbocycles. The molecule has 1 rings (SSSR count). The van der Waals surface area contributed by atoms with E-state index in [1.54, 1.807) is 24.3 Å². The first-order chi connectivity index (χ1) is 11.0. The molecule has 1 amide bonds. The lowest BCUT2D eigenvalue weighted by atomic mass is 10.1. The van der Waals surface area contributed by atoms with Crippen molar-refractivity contribution in [1.29, 1.82) is 5.26 Å². The van der Waals surface area contributed by atoms with Crippen molar-refractivity contribution in [3.8, 4) is 11.8 Å². The average Bonchev–Trinajstić information content (AvgIpc) is 2.51. The van der Waals surface area contributed by atoms with Crippen LogP contribution >= 0.6 is 0 Å².